The molecule has 0 aliphatic carbocycles. The third-order valence-corrected chi connectivity index (χ3v) is 6.39. The Hall–Kier alpha value is -2.32. The SMILES string of the molecule is CC(C)c1ccc2sc3c(ccc4c5ccccc5n(C)c43)c2c1. The molecule has 5 rings (SSSR count). The lowest BCUT2D eigenvalue weighted by Crippen LogP contribution is -1.86. The van der Waals surface area contributed by atoms with Gasteiger partial charge < -0.3 is 4.57 Å². The predicted octanol–water partition coefficient (Wildman–Crippen LogP) is 6.82. The van der Waals surface area contributed by atoms with Gasteiger partial charge in [0.25, 0.3) is 0 Å². The first-order valence-electron chi connectivity index (χ1n) is 8.47. The summed E-state index contributed by atoms with van der Waals surface area (Å²) in [6, 6.07) is 20.3. The van der Waals surface area contributed by atoms with E-state index in [1.807, 2.05) is 11.3 Å². The van der Waals surface area contributed by atoms with Crippen molar-refractivity contribution in [2.75, 3.05) is 0 Å². The Morgan fingerprint density at radius 2 is 1.62 bits per heavy atom. The molecule has 118 valence electrons. The molecule has 0 fully saturated rings. The minimum Gasteiger partial charge on any atom is -0.342 e. The van der Waals surface area contributed by atoms with E-state index in [-0.39, 0.29) is 0 Å². The summed E-state index contributed by atoms with van der Waals surface area (Å²) >= 11 is 1.92. The number of thiophene rings is 1. The third kappa shape index (κ3) is 1.75. The standard InChI is InChI=1S/C22H19NS/c1-13(2)14-8-11-20-18(12-14)17-10-9-16-15-6-4-5-7-19(15)23(3)21(16)22(17)24-20/h4-13H,1-3H3. The van der Waals surface area contributed by atoms with E-state index in [2.05, 4.69) is 80.1 Å². The molecule has 0 spiro atoms. The maximum atomic E-state index is 2.38. The van der Waals surface area contributed by atoms with E-state index in [1.54, 1.807) is 0 Å². The smallest absolute Gasteiger partial charge is 0.0670 e. The molecule has 0 aliphatic rings. The summed E-state index contributed by atoms with van der Waals surface area (Å²) in [5, 5.41) is 5.48. The Labute approximate surface area is 145 Å². The monoisotopic (exact) mass is 329 g/mol. The van der Waals surface area contributed by atoms with Gasteiger partial charge in [-0.05, 0) is 29.7 Å². The van der Waals surface area contributed by atoms with Gasteiger partial charge in [-0.15, -0.1) is 11.3 Å². The second-order valence-corrected chi connectivity index (χ2v) is 7.98. The summed E-state index contributed by atoms with van der Waals surface area (Å²) < 4.78 is 5.14. The normalized spacial score (nSPS) is 12.3. The molecule has 0 bridgehead atoms. The molecule has 5 aromatic rings. The van der Waals surface area contributed by atoms with Crippen molar-refractivity contribution in [3.8, 4) is 0 Å². The van der Waals surface area contributed by atoms with Crippen LogP contribution in [0.25, 0.3) is 42.0 Å². The van der Waals surface area contributed by atoms with E-state index in [4.69, 9.17) is 0 Å². The summed E-state index contributed by atoms with van der Waals surface area (Å²) in [5.74, 6) is 0.561. The lowest BCUT2D eigenvalue weighted by atomic mass is 10.0. The predicted molar refractivity (Wildman–Crippen MR) is 107 cm³/mol. The molecule has 0 N–H and O–H groups in total. The number of aryl methyl sites for hydroxylation is 1. The second-order valence-electron chi connectivity index (χ2n) is 6.93. The fraction of sp³-hybridized carbons (Fsp3) is 0.182. The van der Waals surface area contributed by atoms with Crippen LogP contribution in [0.5, 0.6) is 0 Å². The lowest BCUT2D eigenvalue weighted by Gasteiger charge is -2.04. The summed E-state index contributed by atoms with van der Waals surface area (Å²) in [4.78, 5) is 0. The van der Waals surface area contributed by atoms with E-state index in [0.717, 1.165) is 0 Å². The topological polar surface area (TPSA) is 4.93 Å². The Morgan fingerprint density at radius 1 is 0.833 bits per heavy atom. The molecule has 0 radical (unpaired) electrons. The van der Waals surface area contributed by atoms with E-state index >= 15 is 0 Å². The largest absolute Gasteiger partial charge is 0.342 e. The molecule has 2 heterocycles. The number of nitrogens with zero attached hydrogens (tertiary/aromatic N) is 1. The van der Waals surface area contributed by atoms with Gasteiger partial charge in [-0.2, -0.15) is 0 Å². The van der Waals surface area contributed by atoms with Crippen LogP contribution in [-0.4, -0.2) is 4.57 Å². The Balaban J connectivity index is 1.99. The molecule has 3 aromatic carbocycles. The highest BCUT2D eigenvalue weighted by molar-refractivity contribution is 7.26. The van der Waals surface area contributed by atoms with Gasteiger partial charge in [0.2, 0.25) is 0 Å². The van der Waals surface area contributed by atoms with Crippen molar-refractivity contribution < 1.29 is 0 Å². The molecule has 24 heavy (non-hydrogen) atoms. The number of para-hydroxylation sites is 1. The van der Waals surface area contributed by atoms with Gasteiger partial charge in [0.15, 0.2) is 0 Å². The fourth-order valence-electron chi connectivity index (χ4n) is 3.87. The zero-order chi connectivity index (χ0) is 16.4. The number of benzene rings is 3. The number of hydrogen-bond acceptors (Lipinski definition) is 1. The lowest BCUT2D eigenvalue weighted by molar-refractivity contribution is 0.869. The Bertz CT molecular complexity index is 1240. The molecule has 0 aliphatic heterocycles. The highest BCUT2D eigenvalue weighted by Gasteiger charge is 2.15. The Morgan fingerprint density at radius 3 is 2.46 bits per heavy atom. The molecular weight excluding hydrogens is 310 g/mol. The van der Waals surface area contributed by atoms with Crippen LogP contribution >= 0.6 is 11.3 Å². The number of aromatic nitrogens is 1. The van der Waals surface area contributed by atoms with Crippen LogP contribution in [0.2, 0.25) is 0 Å². The maximum Gasteiger partial charge on any atom is 0.0670 e. The quantitative estimate of drug-likeness (QED) is 0.318. The van der Waals surface area contributed by atoms with Gasteiger partial charge in [-0.1, -0.05) is 50.2 Å². The minimum absolute atomic E-state index is 0.561. The van der Waals surface area contributed by atoms with Gasteiger partial charge >= 0.3 is 0 Å². The van der Waals surface area contributed by atoms with Crippen LogP contribution < -0.4 is 0 Å². The van der Waals surface area contributed by atoms with Crippen LogP contribution in [-0.2, 0) is 7.05 Å². The van der Waals surface area contributed by atoms with E-state index in [9.17, 15) is 0 Å². The van der Waals surface area contributed by atoms with Crippen molar-refractivity contribution in [3.05, 3.63) is 60.2 Å². The fourth-order valence-corrected chi connectivity index (χ4v) is 5.13. The molecule has 2 heteroatoms. The summed E-state index contributed by atoms with van der Waals surface area (Å²) in [7, 11) is 2.19. The molecule has 0 atom stereocenters. The zero-order valence-electron chi connectivity index (χ0n) is 14.1. The number of hydrogen-bond donors (Lipinski definition) is 0. The van der Waals surface area contributed by atoms with Crippen LogP contribution in [0, 0.1) is 0 Å². The van der Waals surface area contributed by atoms with Gasteiger partial charge in [0.1, 0.15) is 0 Å². The van der Waals surface area contributed by atoms with Gasteiger partial charge in [-0.25, -0.2) is 0 Å². The van der Waals surface area contributed by atoms with Crippen molar-refractivity contribution >= 4 is 53.3 Å². The number of fused-ring (bicyclic) bond motifs is 7. The summed E-state index contributed by atoms with van der Waals surface area (Å²) in [6.07, 6.45) is 0. The summed E-state index contributed by atoms with van der Waals surface area (Å²) in [5.41, 5.74) is 4.08. The van der Waals surface area contributed by atoms with Crippen molar-refractivity contribution in [2.45, 2.75) is 19.8 Å². The van der Waals surface area contributed by atoms with Crippen LogP contribution in [0.3, 0.4) is 0 Å². The van der Waals surface area contributed by atoms with Crippen molar-refractivity contribution in [1.29, 1.82) is 0 Å². The maximum absolute atomic E-state index is 2.38. The molecule has 0 saturated carbocycles. The second kappa shape index (κ2) is 4.84. The van der Waals surface area contributed by atoms with Crippen molar-refractivity contribution in [2.24, 2.45) is 7.05 Å². The molecule has 1 nitrogen and oxygen atoms in total. The first-order chi connectivity index (χ1) is 11.6. The first kappa shape index (κ1) is 14.1. The highest BCUT2D eigenvalue weighted by atomic mass is 32.1. The first-order valence-corrected chi connectivity index (χ1v) is 9.29. The molecular formula is C22H19NS. The van der Waals surface area contributed by atoms with E-state index in [1.165, 1.54) is 47.5 Å². The average molecular weight is 329 g/mol. The van der Waals surface area contributed by atoms with Crippen molar-refractivity contribution in [3.63, 3.8) is 0 Å². The molecule has 2 aromatic heterocycles. The number of rotatable bonds is 1. The van der Waals surface area contributed by atoms with E-state index in [0.29, 0.717) is 5.92 Å². The van der Waals surface area contributed by atoms with Crippen molar-refractivity contribution in [1.82, 2.24) is 4.57 Å². The Kier molecular flexibility index (Phi) is 2.84. The zero-order valence-corrected chi connectivity index (χ0v) is 14.9. The molecule has 0 unspecified atom stereocenters. The van der Waals surface area contributed by atoms with E-state index < -0.39 is 0 Å². The van der Waals surface area contributed by atoms with Crippen LogP contribution in [0.15, 0.2) is 54.6 Å². The molecule has 0 amide bonds. The van der Waals surface area contributed by atoms with Gasteiger partial charge in [0.05, 0.1) is 10.2 Å². The highest BCUT2D eigenvalue weighted by Crippen LogP contribution is 2.41. The molecule has 0 saturated heterocycles. The van der Waals surface area contributed by atoms with Crippen LogP contribution in [0.4, 0.5) is 0 Å². The van der Waals surface area contributed by atoms with Gasteiger partial charge in [-0.3, -0.25) is 0 Å². The third-order valence-electron chi connectivity index (χ3n) is 5.19. The van der Waals surface area contributed by atoms with Gasteiger partial charge in [0, 0.05) is 38.8 Å². The average Bonchev–Trinajstić information content (AvgIpc) is 3.10. The van der Waals surface area contributed by atoms with Crippen LogP contribution in [0.1, 0.15) is 25.3 Å². The summed E-state index contributed by atoms with van der Waals surface area (Å²) in [6.45, 7) is 4.52. The minimum atomic E-state index is 0.561.